The number of hydrogen-bond donors (Lipinski definition) is 3. The molecular formula is C27H29F2N5O3S. The first-order valence-corrected chi connectivity index (χ1v) is 13.6. The van der Waals surface area contributed by atoms with Crippen LogP contribution >= 0.6 is 11.3 Å². The number of rotatable bonds is 8. The van der Waals surface area contributed by atoms with Crippen LogP contribution in [0.3, 0.4) is 0 Å². The number of hydrogen-bond acceptors (Lipinski definition) is 5. The van der Waals surface area contributed by atoms with Gasteiger partial charge in [-0.3, -0.25) is 19.7 Å². The van der Waals surface area contributed by atoms with E-state index in [1.165, 1.54) is 24.6 Å². The van der Waals surface area contributed by atoms with Crippen molar-refractivity contribution in [2.24, 2.45) is 0 Å². The minimum Gasteiger partial charge on any atom is -0.350 e. The van der Waals surface area contributed by atoms with Gasteiger partial charge in [0.05, 0.1) is 20.8 Å². The van der Waals surface area contributed by atoms with Gasteiger partial charge in [-0.25, -0.2) is 13.8 Å². The second kappa shape index (κ2) is 11.0. The maximum atomic E-state index is 13.0. The summed E-state index contributed by atoms with van der Waals surface area (Å²) < 4.78 is 27.9. The molecule has 1 aromatic carbocycles. The Kier molecular flexibility index (Phi) is 7.55. The van der Waals surface area contributed by atoms with Crippen LogP contribution in [-0.2, 0) is 4.79 Å². The van der Waals surface area contributed by atoms with Crippen LogP contribution in [0.1, 0.15) is 82.3 Å². The van der Waals surface area contributed by atoms with E-state index in [0.717, 1.165) is 42.5 Å². The Labute approximate surface area is 222 Å². The minimum atomic E-state index is -2.65. The number of nitrogens with zero attached hydrogens (tertiary/aromatic N) is 2. The van der Waals surface area contributed by atoms with E-state index >= 15 is 0 Å². The number of alkyl halides is 2. The molecular weight excluding hydrogens is 512 g/mol. The molecule has 11 heteroatoms. The Bertz CT molecular complexity index is 1370. The van der Waals surface area contributed by atoms with Gasteiger partial charge in [-0.05, 0) is 62.1 Å². The summed E-state index contributed by atoms with van der Waals surface area (Å²) in [5.74, 6) is -0.684. The highest BCUT2D eigenvalue weighted by Gasteiger charge is 2.34. The first kappa shape index (κ1) is 26.0. The van der Waals surface area contributed by atoms with Gasteiger partial charge in [-0.2, -0.15) is 0 Å². The average Bonchev–Trinajstić information content (AvgIpc) is 3.51. The van der Waals surface area contributed by atoms with E-state index in [-0.39, 0.29) is 45.6 Å². The third kappa shape index (κ3) is 5.47. The fourth-order valence-electron chi connectivity index (χ4n) is 5.15. The van der Waals surface area contributed by atoms with Crippen molar-refractivity contribution in [2.45, 2.75) is 69.5 Å². The number of benzene rings is 1. The number of thiophene rings is 1. The molecule has 2 aromatic heterocycles. The average molecular weight is 542 g/mol. The van der Waals surface area contributed by atoms with E-state index in [1.54, 1.807) is 12.1 Å². The topological polar surface area (TPSA) is 105 Å². The van der Waals surface area contributed by atoms with Crippen molar-refractivity contribution in [3.63, 3.8) is 0 Å². The number of anilines is 1. The van der Waals surface area contributed by atoms with Gasteiger partial charge in [0.1, 0.15) is 0 Å². The van der Waals surface area contributed by atoms with Crippen molar-refractivity contribution in [1.82, 2.24) is 20.2 Å². The van der Waals surface area contributed by atoms with Crippen molar-refractivity contribution in [2.75, 3.05) is 5.32 Å². The highest BCUT2D eigenvalue weighted by Crippen LogP contribution is 2.38. The zero-order valence-corrected chi connectivity index (χ0v) is 21.5. The number of fused-ring (bicyclic) bond motifs is 1. The van der Waals surface area contributed by atoms with Gasteiger partial charge in [-0.15, -0.1) is 11.3 Å². The SMILES string of the molecule is C=CC(=O)N[C@H]1C[C@@H](n2c(NC(=O)c3ccc(C(F)F)s3)nc3cc(C(=O)NC4CCCCC4)ccc32)C1. The van der Waals surface area contributed by atoms with E-state index in [2.05, 4.69) is 27.5 Å². The Balaban J connectivity index is 1.41. The molecule has 200 valence electrons. The van der Waals surface area contributed by atoms with E-state index in [0.29, 0.717) is 23.9 Å². The van der Waals surface area contributed by atoms with Crippen LogP contribution < -0.4 is 16.0 Å². The lowest BCUT2D eigenvalue weighted by atomic mass is 9.86. The van der Waals surface area contributed by atoms with Crippen molar-refractivity contribution in [1.29, 1.82) is 0 Å². The molecule has 2 saturated carbocycles. The molecule has 0 radical (unpaired) electrons. The fraction of sp³-hybridized carbons (Fsp3) is 0.407. The summed E-state index contributed by atoms with van der Waals surface area (Å²) in [6.45, 7) is 3.48. The lowest BCUT2D eigenvalue weighted by molar-refractivity contribution is -0.117. The predicted molar refractivity (Wildman–Crippen MR) is 142 cm³/mol. The number of imidazole rings is 1. The first-order valence-electron chi connectivity index (χ1n) is 12.8. The molecule has 2 fully saturated rings. The van der Waals surface area contributed by atoms with Crippen LogP contribution in [-0.4, -0.2) is 39.4 Å². The van der Waals surface area contributed by atoms with Crippen molar-refractivity contribution in [3.8, 4) is 0 Å². The monoisotopic (exact) mass is 541 g/mol. The molecule has 3 amide bonds. The zero-order chi connectivity index (χ0) is 26.8. The predicted octanol–water partition coefficient (Wildman–Crippen LogP) is 5.36. The van der Waals surface area contributed by atoms with Gasteiger partial charge in [0, 0.05) is 23.7 Å². The molecule has 0 saturated heterocycles. The molecule has 38 heavy (non-hydrogen) atoms. The summed E-state index contributed by atoms with van der Waals surface area (Å²) in [4.78, 5) is 42.1. The molecule has 3 aromatic rings. The lowest BCUT2D eigenvalue weighted by Crippen LogP contribution is -2.44. The summed E-state index contributed by atoms with van der Waals surface area (Å²) in [5.41, 5.74) is 1.75. The number of halogens is 2. The van der Waals surface area contributed by atoms with Crippen LogP contribution in [0.25, 0.3) is 11.0 Å². The Morgan fingerprint density at radius 1 is 1.03 bits per heavy atom. The maximum Gasteiger partial charge on any atom is 0.272 e. The molecule has 8 nitrogen and oxygen atoms in total. The quantitative estimate of drug-likeness (QED) is 0.334. The highest BCUT2D eigenvalue weighted by atomic mass is 32.1. The number of amides is 3. The third-order valence-corrected chi connectivity index (χ3v) is 8.28. The number of carbonyl (C=O) groups is 3. The van der Waals surface area contributed by atoms with E-state index in [9.17, 15) is 23.2 Å². The van der Waals surface area contributed by atoms with E-state index in [4.69, 9.17) is 0 Å². The summed E-state index contributed by atoms with van der Waals surface area (Å²) in [6, 6.07) is 7.92. The smallest absolute Gasteiger partial charge is 0.272 e. The van der Waals surface area contributed by atoms with Crippen LogP contribution in [0, 0.1) is 0 Å². The first-order chi connectivity index (χ1) is 18.3. The molecule has 0 spiro atoms. The third-order valence-electron chi connectivity index (χ3n) is 7.19. The fourth-order valence-corrected chi connectivity index (χ4v) is 5.90. The summed E-state index contributed by atoms with van der Waals surface area (Å²) >= 11 is 0.733. The van der Waals surface area contributed by atoms with Crippen LogP contribution in [0.5, 0.6) is 0 Å². The normalized spacial score (nSPS) is 19.7. The zero-order valence-electron chi connectivity index (χ0n) is 20.7. The minimum absolute atomic E-state index is 0.0436. The molecule has 2 aliphatic rings. The lowest BCUT2D eigenvalue weighted by Gasteiger charge is -2.37. The number of nitrogens with one attached hydrogen (secondary N) is 3. The van der Waals surface area contributed by atoms with E-state index < -0.39 is 12.3 Å². The largest absolute Gasteiger partial charge is 0.350 e. The van der Waals surface area contributed by atoms with Crippen LogP contribution in [0.2, 0.25) is 0 Å². The van der Waals surface area contributed by atoms with Gasteiger partial charge in [0.15, 0.2) is 0 Å². The number of aromatic nitrogens is 2. The Hall–Kier alpha value is -3.60. The standard InChI is InChI=1S/C27H29F2N5O3S/c1-2-23(35)30-17-13-18(14-17)34-20-9-8-15(25(36)31-16-6-4-3-5-7-16)12-19(20)32-27(34)33-26(37)22-11-10-21(38-22)24(28)29/h2,8-12,16-18,24H,1,3-7,13-14H2,(H,30,35)(H,31,36)(H,32,33,37)/t17-,18+. The van der Waals surface area contributed by atoms with Crippen molar-refractivity contribution >= 4 is 46.0 Å². The molecule has 0 aliphatic heterocycles. The Morgan fingerprint density at radius 3 is 2.47 bits per heavy atom. The molecule has 3 N–H and O–H groups in total. The van der Waals surface area contributed by atoms with Gasteiger partial charge in [0.25, 0.3) is 18.2 Å². The Morgan fingerprint density at radius 2 is 1.79 bits per heavy atom. The van der Waals surface area contributed by atoms with Gasteiger partial charge in [-0.1, -0.05) is 25.8 Å². The molecule has 0 unspecified atom stereocenters. The molecule has 5 rings (SSSR count). The molecule has 0 bridgehead atoms. The van der Waals surface area contributed by atoms with Crippen LogP contribution in [0.15, 0.2) is 43.0 Å². The van der Waals surface area contributed by atoms with Gasteiger partial charge >= 0.3 is 0 Å². The second-order valence-corrected chi connectivity index (χ2v) is 10.9. The van der Waals surface area contributed by atoms with Gasteiger partial charge < -0.3 is 15.2 Å². The van der Waals surface area contributed by atoms with Crippen LogP contribution in [0.4, 0.5) is 14.7 Å². The van der Waals surface area contributed by atoms with Crippen molar-refractivity contribution < 1.29 is 23.2 Å². The van der Waals surface area contributed by atoms with Gasteiger partial charge in [0.2, 0.25) is 11.9 Å². The summed E-state index contributed by atoms with van der Waals surface area (Å²) in [5, 5.41) is 8.75. The highest BCUT2D eigenvalue weighted by molar-refractivity contribution is 7.14. The molecule has 2 aliphatic carbocycles. The van der Waals surface area contributed by atoms with E-state index in [1.807, 2.05) is 10.6 Å². The molecule has 0 atom stereocenters. The molecule has 2 heterocycles. The second-order valence-electron chi connectivity index (χ2n) is 9.81. The maximum absolute atomic E-state index is 13.0. The number of carbonyl (C=O) groups excluding carboxylic acids is 3. The summed E-state index contributed by atoms with van der Waals surface area (Å²) in [6.07, 6.45) is 5.16. The summed E-state index contributed by atoms with van der Waals surface area (Å²) in [7, 11) is 0. The van der Waals surface area contributed by atoms with Crippen molar-refractivity contribution in [3.05, 3.63) is 58.3 Å².